The minimum absolute atomic E-state index is 0.0152. The SMILES string of the molecule is CC(C)Cc1nnc(N2C(=O)c3oc4ccccc4c(=O)c3[C@@H]2c2ccc(F)cc2)s1. The summed E-state index contributed by atoms with van der Waals surface area (Å²) in [6.45, 7) is 4.15. The van der Waals surface area contributed by atoms with Gasteiger partial charge in [-0.2, -0.15) is 0 Å². The van der Waals surface area contributed by atoms with Crippen molar-refractivity contribution in [1.29, 1.82) is 0 Å². The van der Waals surface area contributed by atoms with E-state index in [-0.39, 0.29) is 16.8 Å². The molecule has 2 aromatic heterocycles. The second-order valence-corrected chi connectivity index (χ2v) is 8.92. The molecule has 2 aromatic carbocycles. The van der Waals surface area contributed by atoms with Gasteiger partial charge in [0.1, 0.15) is 16.4 Å². The summed E-state index contributed by atoms with van der Waals surface area (Å²) in [6.07, 6.45) is 0.731. The van der Waals surface area contributed by atoms with E-state index in [1.165, 1.54) is 28.4 Å². The van der Waals surface area contributed by atoms with E-state index in [1.54, 1.807) is 36.4 Å². The number of amides is 1. The fraction of sp³-hybridized carbons (Fsp3) is 0.217. The van der Waals surface area contributed by atoms with E-state index in [0.717, 1.165) is 11.4 Å². The van der Waals surface area contributed by atoms with Crippen molar-refractivity contribution in [3.63, 3.8) is 0 Å². The quantitative estimate of drug-likeness (QED) is 0.463. The number of nitrogens with zero attached hydrogens (tertiary/aromatic N) is 3. The Kier molecular flexibility index (Phi) is 4.66. The fourth-order valence-corrected chi connectivity index (χ4v) is 4.93. The summed E-state index contributed by atoms with van der Waals surface area (Å²) in [5.74, 6) is -0.493. The number of halogens is 1. The maximum atomic E-state index is 13.6. The molecule has 0 N–H and O–H groups in total. The zero-order chi connectivity index (χ0) is 21.7. The molecule has 0 radical (unpaired) electrons. The number of hydrogen-bond donors (Lipinski definition) is 0. The predicted molar refractivity (Wildman–Crippen MR) is 116 cm³/mol. The molecule has 31 heavy (non-hydrogen) atoms. The van der Waals surface area contributed by atoms with Crippen molar-refractivity contribution in [3.05, 3.63) is 86.5 Å². The van der Waals surface area contributed by atoms with Gasteiger partial charge in [0.25, 0.3) is 5.91 Å². The first-order valence-corrected chi connectivity index (χ1v) is 10.7. The molecule has 0 saturated heterocycles. The Morgan fingerprint density at radius 2 is 1.84 bits per heavy atom. The number of para-hydroxylation sites is 1. The summed E-state index contributed by atoms with van der Waals surface area (Å²) in [6, 6.07) is 11.8. The molecule has 1 aliphatic rings. The van der Waals surface area contributed by atoms with Gasteiger partial charge in [-0.05, 0) is 35.7 Å². The molecule has 0 saturated carbocycles. The predicted octanol–water partition coefficient (Wildman–Crippen LogP) is 4.73. The van der Waals surface area contributed by atoms with Crippen LogP contribution in [0.25, 0.3) is 11.0 Å². The molecule has 3 heterocycles. The van der Waals surface area contributed by atoms with Crippen LogP contribution < -0.4 is 10.3 Å². The third-order valence-electron chi connectivity index (χ3n) is 5.21. The molecule has 0 aliphatic carbocycles. The highest BCUT2D eigenvalue weighted by atomic mass is 32.1. The second kappa shape index (κ2) is 7.39. The molecule has 4 aromatic rings. The van der Waals surface area contributed by atoms with Crippen LogP contribution in [0.4, 0.5) is 9.52 Å². The number of rotatable bonds is 4. The van der Waals surface area contributed by atoms with Crippen LogP contribution in [0, 0.1) is 11.7 Å². The highest BCUT2D eigenvalue weighted by Gasteiger charge is 2.45. The molecule has 1 atom stereocenters. The molecule has 1 aliphatic heterocycles. The maximum Gasteiger partial charge on any atom is 0.297 e. The molecule has 0 unspecified atom stereocenters. The van der Waals surface area contributed by atoms with Gasteiger partial charge in [0.15, 0.2) is 5.43 Å². The van der Waals surface area contributed by atoms with Crippen LogP contribution in [0.1, 0.15) is 46.6 Å². The minimum Gasteiger partial charge on any atom is -0.450 e. The minimum atomic E-state index is -0.774. The molecule has 6 nitrogen and oxygen atoms in total. The van der Waals surface area contributed by atoms with Crippen molar-refractivity contribution < 1.29 is 13.6 Å². The zero-order valence-corrected chi connectivity index (χ0v) is 17.6. The van der Waals surface area contributed by atoms with Crippen LogP contribution in [-0.4, -0.2) is 16.1 Å². The molecule has 1 amide bonds. The standard InChI is InChI=1S/C23H18FN3O3S/c1-12(2)11-17-25-26-23(31-17)27-19(13-7-9-14(24)10-8-13)18-20(28)15-5-3-4-6-16(15)30-21(18)22(27)29/h3-10,12,19H,11H2,1-2H3/t19-/m0/s1. The summed E-state index contributed by atoms with van der Waals surface area (Å²) in [5, 5.41) is 10.0. The third kappa shape index (κ3) is 3.23. The Bertz CT molecular complexity index is 1360. The van der Waals surface area contributed by atoms with E-state index < -0.39 is 17.8 Å². The highest BCUT2D eigenvalue weighted by molar-refractivity contribution is 7.15. The van der Waals surface area contributed by atoms with E-state index in [0.29, 0.717) is 27.6 Å². The Hall–Kier alpha value is -3.39. The van der Waals surface area contributed by atoms with Gasteiger partial charge in [0.2, 0.25) is 10.9 Å². The summed E-state index contributed by atoms with van der Waals surface area (Å²) in [4.78, 5) is 28.3. The van der Waals surface area contributed by atoms with E-state index in [9.17, 15) is 14.0 Å². The molecule has 5 rings (SSSR count). The van der Waals surface area contributed by atoms with Gasteiger partial charge in [-0.15, -0.1) is 10.2 Å². The molecule has 0 spiro atoms. The van der Waals surface area contributed by atoms with Crippen LogP contribution in [0.3, 0.4) is 0 Å². The molecule has 156 valence electrons. The normalized spacial score (nSPS) is 15.8. The Morgan fingerprint density at radius 1 is 1.10 bits per heavy atom. The molecule has 0 fully saturated rings. The number of carbonyl (C=O) groups is 1. The molecule has 0 bridgehead atoms. The molecular weight excluding hydrogens is 417 g/mol. The van der Waals surface area contributed by atoms with E-state index in [2.05, 4.69) is 24.0 Å². The summed E-state index contributed by atoms with van der Waals surface area (Å²) in [7, 11) is 0. The lowest BCUT2D eigenvalue weighted by molar-refractivity contribution is 0.0970. The fourth-order valence-electron chi connectivity index (χ4n) is 3.85. The number of fused-ring (bicyclic) bond motifs is 2. The Balaban J connectivity index is 1.73. The largest absolute Gasteiger partial charge is 0.450 e. The number of carbonyl (C=O) groups excluding carboxylic acids is 1. The van der Waals surface area contributed by atoms with Gasteiger partial charge >= 0.3 is 0 Å². The molecular formula is C23H18FN3O3S. The first kappa shape index (κ1) is 19.6. The number of hydrogen-bond acceptors (Lipinski definition) is 6. The smallest absolute Gasteiger partial charge is 0.297 e. The number of aromatic nitrogens is 2. The van der Waals surface area contributed by atoms with Gasteiger partial charge in [0.05, 0.1) is 17.0 Å². The maximum absolute atomic E-state index is 13.6. The monoisotopic (exact) mass is 435 g/mol. The summed E-state index contributed by atoms with van der Waals surface area (Å²) in [5.41, 5.74) is 0.888. The first-order chi connectivity index (χ1) is 14.9. The molecule has 8 heteroatoms. The second-order valence-electron chi connectivity index (χ2n) is 7.88. The van der Waals surface area contributed by atoms with E-state index in [4.69, 9.17) is 4.42 Å². The number of benzene rings is 2. The van der Waals surface area contributed by atoms with Crippen molar-refractivity contribution >= 4 is 33.3 Å². The van der Waals surface area contributed by atoms with Gasteiger partial charge < -0.3 is 4.42 Å². The van der Waals surface area contributed by atoms with Crippen LogP contribution in [0.15, 0.2) is 57.7 Å². The van der Waals surface area contributed by atoms with Crippen molar-refractivity contribution in [3.8, 4) is 0 Å². The first-order valence-electron chi connectivity index (χ1n) is 9.91. The van der Waals surface area contributed by atoms with Crippen LogP contribution >= 0.6 is 11.3 Å². The average Bonchev–Trinajstić information content (AvgIpc) is 3.31. The van der Waals surface area contributed by atoms with Gasteiger partial charge in [-0.25, -0.2) is 4.39 Å². The van der Waals surface area contributed by atoms with Gasteiger partial charge in [-0.3, -0.25) is 14.5 Å². The lowest BCUT2D eigenvalue weighted by Crippen LogP contribution is -2.29. The highest BCUT2D eigenvalue weighted by Crippen LogP contribution is 2.42. The van der Waals surface area contributed by atoms with Crippen LogP contribution in [0.5, 0.6) is 0 Å². The van der Waals surface area contributed by atoms with E-state index in [1.807, 2.05) is 0 Å². The lowest BCUT2D eigenvalue weighted by atomic mass is 9.99. The van der Waals surface area contributed by atoms with Gasteiger partial charge in [0, 0.05) is 6.42 Å². The van der Waals surface area contributed by atoms with Crippen molar-refractivity contribution in [1.82, 2.24) is 10.2 Å². The summed E-state index contributed by atoms with van der Waals surface area (Å²) >= 11 is 1.31. The van der Waals surface area contributed by atoms with Crippen molar-refractivity contribution in [2.45, 2.75) is 26.3 Å². The Morgan fingerprint density at radius 3 is 2.58 bits per heavy atom. The van der Waals surface area contributed by atoms with Crippen LogP contribution in [0.2, 0.25) is 0 Å². The number of anilines is 1. The lowest BCUT2D eigenvalue weighted by Gasteiger charge is -2.22. The average molecular weight is 435 g/mol. The zero-order valence-electron chi connectivity index (χ0n) is 16.8. The third-order valence-corrected chi connectivity index (χ3v) is 6.15. The van der Waals surface area contributed by atoms with Crippen LogP contribution in [-0.2, 0) is 6.42 Å². The topological polar surface area (TPSA) is 76.3 Å². The Labute approximate surface area is 181 Å². The van der Waals surface area contributed by atoms with Crippen molar-refractivity contribution in [2.75, 3.05) is 4.90 Å². The summed E-state index contributed by atoms with van der Waals surface area (Å²) < 4.78 is 19.5. The van der Waals surface area contributed by atoms with E-state index >= 15 is 0 Å². The van der Waals surface area contributed by atoms with Gasteiger partial charge in [-0.1, -0.05) is 49.4 Å². The van der Waals surface area contributed by atoms with Crippen molar-refractivity contribution in [2.24, 2.45) is 5.92 Å².